The molecule has 0 saturated carbocycles. The fourth-order valence-corrected chi connectivity index (χ4v) is 5.21. The minimum Gasteiger partial charge on any atom is -0.383 e. The van der Waals surface area contributed by atoms with E-state index in [1.54, 1.807) is 36.1 Å². The van der Waals surface area contributed by atoms with Crippen molar-refractivity contribution in [3.8, 4) is 11.1 Å². The Balaban J connectivity index is 1.41. The van der Waals surface area contributed by atoms with Crippen LogP contribution in [0.15, 0.2) is 55.1 Å². The number of nitrogens with two attached hydrogens (primary N) is 1. The first-order valence-corrected chi connectivity index (χ1v) is 13.3. The van der Waals surface area contributed by atoms with E-state index in [-0.39, 0.29) is 35.6 Å². The van der Waals surface area contributed by atoms with Gasteiger partial charge in [-0.1, -0.05) is 19.1 Å². The molecule has 3 N–H and O–H groups in total. The number of benzene rings is 1. The van der Waals surface area contributed by atoms with Crippen LogP contribution in [0.4, 0.5) is 24.8 Å². The van der Waals surface area contributed by atoms with Gasteiger partial charge in [0.15, 0.2) is 0 Å². The lowest BCUT2D eigenvalue weighted by atomic mass is 10.0. The number of aromatic nitrogens is 4. The molecule has 5 rings (SSSR count). The van der Waals surface area contributed by atoms with Crippen LogP contribution in [0.3, 0.4) is 0 Å². The van der Waals surface area contributed by atoms with Crippen molar-refractivity contribution >= 4 is 40.8 Å². The van der Waals surface area contributed by atoms with Crippen molar-refractivity contribution in [1.29, 1.82) is 0 Å². The molecule has 1 fully saturated rings. The van der Waals surface area contributed by atoms with E-state index >= 15 is 0 Å². The summed E-state index contributed by atoms with van der Waals surface area (Å²) < 4.78 is 41.1. The average Bonchev–Trinajstić information content (AvgIpc) is 3.38. The summed E-state index contributed by atoms with van der Waals surface area (Å²) in [5.41, 5.74) is 7.64. The highest BCUT2D eigenvalue weighted by Gasteiger charge is 2.31. The lowest BCUT2D eigenvalue weighted by Crippen LogP contribution is -2.43. The van der Waals surface area contributed by atoms with Gasteiger partial charge >= 0.3 is 6.18 Å². The number of halogens is 3. The Hall–Kier alpha value is -4.81. The number of hydrogen-bond acceptors (Lipinski definition) is 7. The van der Waals surface area contributed by atoms with E-state index in [0.29, 0.717) is 24.1 Å². The quantitative estimate of drug-likeness (QED) is 0.302. The van der Waals surface area contributed by atoms with Gasteiger partial charge in [0.05, 0.1) is 17.0 Å². The summed E-state index contributed by atoms with van der Waals surface area (Å²) in [4.78, 5) is 50.8. The number of aldehydes is 1. The molecule has 0 aliphatic carbocycles. The zero-order valence-corrected chi connectivity index (χ0v) is 22.6. The number of carbonyl (C=O) groups excluding carboxylic acids is 3. The van der Waals surface area contributed by atoms with E-state index in [4.69, 9.17) is 5.73 Å². The van der Waals surface area contributed by atoms with Gasteiger partial charge < -0.3 is 25.3 Å². The van der Waals surface area contributed by atoms with Crippen molar-refractivity contribution in [2.45, 2.75) is 38.4 Å². The number of hydrogen-bond donors (Lipinski definition) is 2. The van der Waals surface area contributed by atoms with Gasteiger partial charge in [-0.15, -0.1) is 0 Å². The summed E-state index contributed by atoms with van der Waals surface area (Å²) in [5.74, 6) is -1.01. The third kappa shape index (κ3) is 5.80. The van der Waals surface area contributed by atoms with Gasteiger partial charge in [0.2, 0.25) is 5.91 Å². The minimum atomic E-state index is -4.56. The molecular weight excluding hydrogens is 551 g/mol. The van der Waals surface area contributed by atoms with Crippen molar-refractivity contribution in [3.63, 3.8) is 0 Å². The number of pyridine rings is 1. The van der Waals surface area contributed by atoms with E-state index < -0.39 is 23.6 Å². The molecule has 3 aromatic heterocycles. The lowest BCUT2D eigenvalue weighted by molar-refractivity contribution is -0.138. The van der Waals surface area contributed by atoms with Gasteiger partial charge in [0.1, 0.15) is 29.9 Å². The highest BCUT2D eigenvalue weighted by molar-refractivity contribution is 6.05. The number of carbonyl (C=O) groups is 3. The first kappa shape index (κ1) is 28.7. The van der Waals surface area contributed by atoms with Gasteiger partial charge in [-0.05, 0) is 42.7 Å². The molecule has 2 amide bonds. The number of rotatable bonds is 7. The Morgan fingerprint density at radius 2 is 1.93 bits per heavy atom. The van der Waals surface area contributed by atoms with Crippen molar-refractivity contribution < 1.29 is 27.6 Å². The molecule has 13 heteroatoms. The van der Waals surface area contributed by atoms with E-state index in [1.165, 1.54) is 6.33 Å². The molecule has 10 nitrogen and oxygen atoms in total. The van der Waals surface area contributed by atoms with Crippen LogP contribution in [0.1, 0.15) is 48.1 Å². The average molecular weight is 580 g/mol. The molecule has 0 spiro atoms. The molecule has 1 aliphatic heterocycles. The molecule has 218 valence electrons. The summed E-state index contributed by atoms with van der Waals surface area (Å²) in [6.07, 6.45) is 2.23. The van der Waals surface area contributed by atoms with Gasteiger partial charge in [-0.25, -0.2) is 15.0 Å². The molecule has 4 aromatic rings. The van der Waals surface area contributed by atoms with Crippen LogP contribution in [0.5, 0.6) is 0 Å². The summed E-state index contributed by atoms with van der Waals surface area (Å²) in [5, 5.41) is 3.02. The number of anilines is 2. The zero-order valence-electron chi connectivity index (χ0n) is 22.6. The van der Waals surface area contributed by atoms with Crippen LogP contribution in [0.2, 0.25) is 0 Å². The van der Waals surface area contributed by atoms with Crippen LogP contribution < -0.4 is 11.1 Å². The smallest absolute Gasteiger partial charge is 0.383 e. The predicted octanol–water partition coefficient (Wildman–Crippen LogP) is 4.74. The molecule has 0 radical (unpaired) electrons. The molecule has 42 heavy (non-hydrogen) atoms. The highest BCUT2D eigenvalue weighted by atomic mass is 19.4. The first-order valence-electron chi connectivity index (χ1n) is 13.3. The second-order valence-electron chi connectivity index (χ2n) is 10.3. The highest BCUT2D eigenvalue weighted by Crippen LogP contribution is 2.36. The number of amides is 2. The fourth-order valence-electron chi connectivity index (χ4n) is 5.21. The third-order valence-corrected chi connectivity index (χ3v) is 7.40. The SMILES string of the molecule is CC(CC=O)C(=O)N1CCC[C@@H](n2cc(-c3ccc(C(=O)Nc4cc(C(F)(F)F)ccn4)cc3)c3c(N)ncnc32)C1. The van der Waals surface area contributed by atoms with Crippen LogP contribution in [-0.4, -0.2) is 55.6 Å². The van der Waals surface area contributed by atoms with E-state index in [9.17, 15) is 27.6 Å². The van der Waals surface area contributed by atoms with Crippen molar-refractivity contribution in [3.05, 3.63) is 66.2 Å². The van der Waals surface area contributed by atoms with Crippen LogP contribution in [-0.2, 0) is 15.8 Å². The van der Waals surface area contributed by atoms with Crippen LogP contribution in [0, 0.1) is 5.92 Å². The normalized spacial score (nSPS) is 16.3. The molecule has 1 saturated heterocycles. The standard InChI is InChI=1S/C29H28F3N7O3/c1-17(9-12-40)28(42)38-11-2-3-21(14-38)39-15-22(24-25(33)35-16-36-26(24)39)18-4-6-19(7-5-18)27(41)37-23-13-20(8-10-34-23)29(30,31)32/h4-8,10,12-13,15-17,21H,2-3,9,11,14H2,1H3,(H2,33,35,36)(H,34,37,41)/t17?,21-/m1/s1. The number of nitrogens with zero attached hydrogens (tertiary/aromatic N) is 5. The van der Waals surface area contributed by atoms with E-state index in [1.807, 2.05) is 10.8 Å². The maximum absolute atomic E-state index is 13.0. The summed E-state index contributed by atoms with van der Waals surface area (Å²) >= 11 is 0. The molecule has 2 atom stereocenters. The van der Waals surface area contributed by atoms with E-state index in [2.05, 4.69) is 20.3 Å². The molecule has 4 heterocycles. The summed E-state index contributed by atoms with van der Waals surface area (Å²) in [6, 6.07) is 8.03. The number of likely N-dealkylation sites (tertiary alicyclic amines) is 1. The van der Waals surface area contributed by atoms with Gasteiger partial charge in [-0.3, -0.25) is 9.59 Å². The second-order valence-corrected chi connectivity index (χ2v) is 10.3. The third-order valence-electron chi connectivity index (χ3n) is 7.40. The van der Waals surface area contributed by atoms with Crippen molar-refractivity contribution in [2.24, 2.45) is 5.92 Å². The Morgan fingerprint density at radius 3 is 2.64 bits per heavy atom. The Morgan fingerprint density at radius 1 is 1.17 bits per heavy atom. The number of alkyl halides is 3. The summed E-state index contributed by atoms with van der Waals surface area (Å²) in [7, 11) is 0. The first-order chi connectivity index (χ1) is 20.1. The maximum atomic E-state index is 13.0. The monoisotopic (exact) mass is 579 g/mol. The molecule has 1 aromatic carbocycles. The maximum Gasteiger partial charge on any atom is 0.416 e. The Bertz CT molecular complexity index is 1640. The number of fused-ring (bicyclic) bond motifs is 1. The van der Waals surface area contributed by atoms with E-state index in [0.717, 1.165) is 48.6 Å². The molecular formula is C29H28F3N7O3. The second kappa shape index (κ2) is 11.6. The number of nitrogens with one attached hydrogen (secondary N) is 1. The van der Waals surface area contributed by atoms with Crippen LogP contribution in [0.25, 0.3) is 22.2 Å². The molecule has 0 bridgehead atoms. The molecule has 1 unspecified atom stereocenters. The van der Waals surface area contributed by atoms with Crippen LogP contribution >= 0.6 is 0 Å². The topological polar surface area (TPSA) is 136 Å². The zero-order chi connectivity index (χ0) is 30.0. The van der Waals surface area contributed by atoms with Gasteiger partial charge in [0, 0.05) is 48.9 Å². The van der Waals surface area contributed by atoms with Gasteiger partial charge in [-0.2, -0.15) is 13.2 Å². The van der Waals surface area contributed by atoms with Crippen molar-refractivity contribution in [2.75, 3.05) is 24.1 Å². The largest absolute Gasteiger partial charge is 0.416 e. The summed E-state index contributed by atoms with van der Waals surface area (Å²) in [6.45, 7) is 2.82. The fraction of sp³-hybridized carbons (Fsp3) is 0.310. The number of piperidine rings is 1. The Kier molecular flexibility index (Phi) is 7.92. The Labute approximate surface area is 238 Å². The van der Waals surface area contributed by atoms with Gasteiger partial charge in [0.25, 0.3) is 5.91 Å². The lowest BCUT2D eigenvalue weighted by Gasteiger charge is -2.35. The van der Waals surface area contributed by atoms with Crippen molar-refractivity contribution in [1.82, 2.24) is 24.4 Å². The predicted molar refractivity (Wildman–Crippen MR) is 149 cm³/mol. The number of nitrogen functional groups attached to an aromatic ring is 1. The molecule has 1 aliphatic rings. The minimum absolute atomic E-state index is 0.0631.